The smallest absolute Gasteiger partial charge is 0.332 e. The molecule has 1 aliphatic heterocycles. The van der Waals surface area contributed by atoms with E-state index in [4.69, 9.17) is 10.5 Å². The fraction of sp³-hybridized carbons (Fsp3) is 0.792. The number of aliphatic hydroxyl groups is 1. The first-order valence-corrected chi connectivity index (χ1v) is 11.9. The summed E-state index contributed by atoms with van der Waals surface area (Å²) in [6, 6.07) is -0.612. The van der Waals surface area contributed by atoms with E-state index in [-0.39, 0.29) is 22.7 Å². The summed E-state index contributed by atoms with van der Waals surface area (Å²) >= 11 is 0. The van der Waals surface area contributed by atoms with Gasteiger partial charge in [0, 0.05) is 17.2 Å². The zero-order valence-electron chi connectivity index (χ0n) is 18.7. The maximum Gasteiger partial charge on any atom is 0.332 e. The molecular weight excluding hydrogens is 394 g/mol. The molecule has 0 radical (unpaired) electrons. The van der Waals surface area contributed by atoms with Gasteiger partial charge < -0.3 is 15.6 Å². The number of carbonyl (C=O) groups excluding carboxylic acids is 2. The number of nitrogens with zero attached hydrogens (tertiary/aromatic N) is 1. The Hall–Kier alpha value is -1.89. The van der Waals surface area contributed by atoms with Crippen LogP contribution in [0.25, 0.3) is 0 Å². The van der Waals surface area contributed by atoms with Crippen LogP contribution in [0, 0.1) is 34.5 Å². The van der Waals surface area contributed by atoms with Crippen molar-refractivity contribution >= 4 is 17.7 Å². The number of cyclic esters (lactones) is 1. The highest BCUT2D eigenvalue weighted by molar-refractivity contribution is 5.87. The number of esters is 1. The summed E-state index contributed by atoms with van der Waals surface area (Å²) in [5, 5.41) is 16.5. The minimum absolute atomic E-state index is 0.190. The summed E-state index contributed by atoms with van der Waals surface area (Å²) in [5.41, 5.74) is 9.03. The Labute approximate surface area is 183 Å². The lowest BCUT2D eigenvalue weighted by Crippen LogP contribution is -2.62. The third kappa shape index (κ3) is 2.99. The highest BCUT2D eigenvalue weighted by Gasteiger charge is 2.67. The molecule has 1 heterocycles. The van der Waals surface area contributed by atoms with Crippen molar-refractivity contribution < 1.29 is 19.4 Å². The van der Waals surface area contributed by atoms with E-state index >= 15 is 0 Å². The minimum atomic E-state index is -0.678. The molecule has 7 atom stereocenters. The van der Waals surface area contributed by atoms with Gasteiger partial charge in [-0.1, -0.05) is 13.8 Å². The third-order valence-corrected chi connectivity index (χ3v) is 10.1. The van der Waals surface area contributed by atoms with Gasteiger partial charge in [-0.05, 0) is 92.4 Å². The normalized spacial score (nSPS) is 47.8. The number of ether oxygens (including phenoxy) is 1. The molecule has 31 heavy (non-hydrogen) atoms. The average Bonchev–Trinajstić information content (AvgIpc) is 3.26. The second-order valence-electron chi connectivity index (χ2n) is 11.1. The maximum absolute atomic E-state index is 12.2. The average molecular weight is 430 g/mol. The second kappa shape index (κ2) is 7.06. The standard InChI is InChI=1S/C24H35N3O4/c1-22-8-5-16(26-27-21(25)29)12-15(22)3-4-19-18(22)6-9-23(2)17(7-10-24(19,23)30)14-11-20(28)31-13-14/h11,15,17-19,30H,3-10,12-13H2,1-2H3,(H3,25,27,29)/t15-,17-,18-,19+,22-,23+,24-/m0/s1. The molecule has 0 aromatic rings. The van der Waals surface area contributed by atoms with Crippen molar-refractivity contribution in [2.45, 2.75) is 77.2 Å². The van der Waals surface area contributed by atoms with Crippen molar-refractivity contribution in [1.29, 1.82) is 0 Å². The van der Waals surface area contributed by atoms with E-state index in [9.17, 15) is 14.7 Å². The van der Waals surface area contributed by atoms with Crippen LogP contribution >= 0.6 is 0 Å². The monoisotopic (exact) mass is 429 g/mol. The van der Waals surface area contributed by atoms with Crippen LogP contribution in [0.1, 0.15) is 71.6 Å². The van der Waals surface area contributed by atoms with Gasteiger partial charge in [-0.2, -0.15) is 5.10 Å². The number of carbonyl (C=O) groups is 2. The number of amides is 2. The van der Waals surface area contributed by atoms with Crippen molar-refractivity contribution in [3.8, 4) is 0 Å². The van der Waals surface area contributed by atoms with Crippen molar-refractivity contribution in [2.75, 3.05) is 6.61 Å². The Balaban J connectivity index is 1.39. The number of rotatable bonds is 2. The van der Waals surface area contributed by atoms with E-state index in [2.05, 4.69) is 24.4 Å². The molecule has 0 saturated heterocycles. The van der Waals surface area contributed by atoms with Crippen LogP contribution < -0.4 is 11.2 Å². The Morgan fingerprint density at radius 1 is 1.19 bits per heavy atom. The van der Waals surface area contributed by atoms with E-state index in [0.29, 0.717) is 24.4 Å². The number of hydrogen-bond donors (Lipinski definition) is 3. The van der Waals surface area contributed by atoms with Gasteiger partial charge in [0.05, 0.1) is 5.60 Å². The van der Waals surface area contributed by atoms with Crippen molar-refractivity contribution in [3.63, 3.8) is 0 Å². The first kappa shape index (κ1) is 21.0. The Bertz CT molecular complexity index is 869. The van der Waals surface area contributed by atoms with E-state index in [1.807, 2.05) is 0 Å². The lowest BCUT2D eigenvalue weighted by atomic mass is 9.43. The van der Waals surface area contributed by atoms with Crippen LogP contribution in [0.3, 0.4) is 0 Å². The summed E-state index contributed by atoms with van der Waals surface area (Å²) in [4.78, 5) is 22.7. The van der Waals surface area contributed by atoms with Gasteiger partial charge in [-0.25, -0.2) is 15.0 Å². The molecule has 0 spiro atoms. The highest BCUT2D eigenvalue weighted by atomic mass is 16.5. The van der Waals surface area contributed by atoms with Crippen LogP contribution in [0.4, 0.5) is 4.79 Å². The summed E-state index contributed by atoms with van der Waals surface area (Å²) in [6.07, 6.45) is 10.5. The first-order valence-electron chi connectivity index (χ1n) is 11.9. The number of hydrazone groups is 1. The van der Waals surface area contributed by atoms with Crippen LogP contribution in [-0.4, -0.2) is 35.0 Å². The number of primary amides is 1. The number of nitrogens with one attached hydrogen (secondary N) is 1. The summed E-state index contributed by atoms with van der Waals surface area (Å²) in [7, 11) is 0. The van der Waals surface area contributed by atoms with Gasteiger partial charge in [-0.15, -0.1) is 0 Å². The minimum Gasteiger partial charge on any atom is -0.458 e. The number of hydrogen-bond acceptors (Lipinski definition) is 5. The first-order chi connectivity index (χ1) is 14.7. The van der Waals surface area contributed by atoms with Gasteiger partial charge in [0.15, 0.2) is 0 Å². The largest absolute Gasteiger partial charge is 0.458 e. The van der Waals surface area contributed by atoms with E-state index in [0.717, 1.165) is 69.1 Å². The topological polar surface area (TPSA) is 114 Å². The molecule has 4 aliphatic carbocycles. The Morgan fingerprint density at radius 2 is 2.00 bits per heavy atom. The molecule has 4 N–H and O–H groups in total. The molecule has 0 aromatic heterocycles. The predicted molar refractivity (Wildman–Crippen MR) is 116 cm³/mol. The summed E-state index contributed by atoms with van der Waals surface area (Å²) in [5.74, 6) is 1.34. The van der Waals surface area contributed by atoms with E-state index < -0.39 is 11.6 Å². The van der Waals surface area contributed by atoms with Gasteiger partial charge in [-0.3, -0.25) is 0 Å². The fourth-order valence-corrected chi connectivity index (χ4v) is 8.45. The highest BCUT2D eigenvalue weighted by Crippen LogP contribution is 2.69. The van der Waals surface area contributed by atoms with Crippen molar-refractivity contribution in [3.05, 3.63) is 11.6 Å². The zero-order valence-corrected chi connectivity index (χ0v) is 18.7. The van der Waals surface area contributed by atoms with E-state index in [1.165, 1.54) is 0 Å². The van der Waals surface area contributed by atoms with Crippen LogP contribution in [0.15, 0.2) is 16.8 Å². The Morgan fingerprint density at radius 3 is 2.71 bits per heavy atom. The lowest BCUT2D eigenvalue weighted by molar-refractivity contribution is -0.200. The number of nitrogens with two attached hydrogens (primary N) is 1. The summed E-state index contributed by atoms with van der Waals surface area (Å²) < 4.78 is 5.22. The quantitative estimate of drug-likeness (QED) is 0.462. The molecule has 0 bridgehead atoms. The van der Waals surface area contributed by atoms with Crippen molar-refractivity contribution in [2.24, 2.45) is 45.3 Å². The third-order valence-electron chi connectivity index (χ3n) is 10.1. The maximum atomic E-state index is 12.2. The molecule has 5 rings (SSSR count). The van der Waals surface area contributed by atoms with Gasteiger partial charge in [0.25, 0.3) is 0 Å². The molecule has 4 saturated carbocycles. The van der Waals surface area contributed by atoms with Gasteiger partial charge >= 0.3 is 12.0 Å². The second-order valence-corrected chi connectivity index (χ2v) is 11.1. The lowest BCUT2D eigenvalue weighted by Gasteiger charge is -2.63. The molecular formula is C24H35N3O4. The molecule has 7 heteroatoms. The Kier molecular flexibility index (Phi) is 4.78. The summed E-state index contributed by atoms with van der Waals surface area (Å²) in [6.45, 7) is 5.09. The zero-order chi connectivity index (χ0) is 22.0. The SMILES string of the molecule is C[C@]12CCC(=NNC(N)=O)C[C@@H]1CC[C@@H]1[C@@H]2CC[C@]2(C)[C@H](C3=CC(=O)OC3)CC[C@]12O. The molecule has 4 fully saturated rings. The van der Waals surface area contributed by atoms with Gasteiger partial charge in [0.1, 0.15) is 6.61 Å². The van der Waals surface area contributed by atoms with E-state index in [1.54, 1.807) is 6.08 Å². The molecule has 7 nitrogen and oxygen atoms in total. The molecule has 170 valence electrons. The molecule has 2 amide bonds. The molecule has 5 aliphatic rings. The molecule has 0 unspecified atom stereocenters. The predicted octanol–water partition coefficient (Wildman–Crippen LogP) is 3.27. The fourth-order valence-electron chi connectivity index (χ4n) is 8.45. The van der Waals surface area contributed by atoms with Crippen molar-refractivity contribution in [1.82, 2.24) is 5.43 Å². The number of fused-ring (bicyclic) bond motifs is 5. The van der Waals surface area contributed by atoms with Gasteiger partial charge in [0.2, 0.25) is 0 Å². The van der Waals surface area contributed by atoms with Crippen LogP contribution in [0.5, 0.6) is 0 Å². The number of urea groups is 1. The molecule has 0 aromatic carbocycles. The van der Waals surface area contributed by atoms with Crippen LogP contribution in [-0.2, 0) is 9.53 Å². The van der Waals surface area contributed by atoms with Crippen LogP contribution in [0.2, 0.25) is 0 Å².